The normalized spacial score (nSPS) is 34.5. The second-order valence-corrected chi connectivity index (χ2v) is 4.95. The van der Waals surface area contributed by atoms with Crippen molar-refractivity contribution in [2.45, 2.75) is 20.8 Å². The number of nitrogens with two attached hydrogens (primary N) is 1. The third-order valence-corrected chi connectivity index (χ3v) is 4.10. The summed E-state index contributed by atoms with van der Waals surface area (Å²) in [7, 11) is 0. The first-order valence-electron chi connectivity index (χ1n) is 6.05. The van der Waals surface area contributed by atoms with Crippen LogP contribution in [-0.2, 0) is 0 Å². The molecule has 2 heteroatoms. The summed E-state index contributed by atoms with van der Waals surface area (Å²) in [5, 5.41) is 0. The highest BCUT2D eigenvalue weighted by Gasteiger charge is 2.55. The number of hydrogen-bond donors (Lipinski definition) is 1. The van der Waals surface area contributed by atoms with Crippen molar-refractivity contribution in [1.82, 2.24) is 0 Å². The number of aliphatic imine (C=N–C) groups is 1. The smallest absolute Gasteiger partial charge is 0.0629 e. The highest BCUT2D eigenvalue weighted by molar-refractivity contribution is 5.98. The maximum absolute atomic E-state index is 5.43. The van der Waals surface area contributed by atoms with Gasteiger partial charge in [-0.25, -0.2) is 0 Å². The van der Waals surface area contributed by atoms with Gasteiger partial charge in [0.05, 0.1) is 5.70 Å². The van der Waals surface area contributed by atoms with Crippen molar-refractivity contribution in [3.8, 4) is 0 Å². The van der Waals surface area contributed by atoms with Gasteiger partial charge in [-0.15, -0.1) is 0 Å². The quantitative estimate of drug-likeness (QED) is 0.775. The maximum atomic E-state index is 5.43. The topological polar surface area (TPSA) is 38.4 Å². The lowest BCUT2D eigenvalue weighted by molar-refractivity contribution is 0.710. The summed E-state index contributed by atoms with van der Waals surface area (Å²) in [5.41, 5.74) is 10.2. The van der Waals surface area contributed by atoms with E-state index in [0.717, 1.165) is 11.3 Å². The lowest BCUT2D eigenvalue weighted by Gasteiger charge is -2.08. The van der Waals surface area contributed by atoms with Crippen LogP contribution < -0.4 is 5.73 Å². The molecule has 0 radical (unpaired) electrons. The molecule has 2 aliphatic rings. The number of nitrogens with zero attached hydrogens (tertiary/aromatic N) is 1. The third-order valence-electron chi connectivity index (χ3n) is 4.10. The minimum absolute atomic E-state index is 0.163. The largest absolute Gasteiger partial charge is 0.327 e. The molecule has 0 bridgehead atoms. The van der Waals surface area contributed by atoms with E-state index in [1.807, 2.05) is 18.2 Å². The minimum Gasteiger partial charge on any atom is -0.327 e. The van der Waals surface area contributed by atoms with Gasteiger partial charge in [0.2, 0.25) is 0 Å². The second-order valence-electron chi connectivity index (χ2n) is 4.95. The molecule has 2 unspecified atom stereocenters. The molecule has 0 spiro atoms. The molecule has 0 aromatic carbocycles. The van der Waals surface area contributed by atoms with Crippen molar-refractivity contribution in [2.24, 2.45) is 22.1 Å². The van der Waals surface area contributed by atoms with Gasteiger partial charge < -0.3 is 5.73 Å². The van der Waals surface area contributed by atoms with E-state index in [9.17, 15) is 0 Å². The fourth-order valence-corrected chi connectivity index (χ4v) is 2.48. The van der Waals surface area contributed by atoms with E-state index < -0.39 is 0 Å². The van der Waals surface area contributed by atoms with E-state index in [-0.39, 0.29) is 5.41 Å². The van der Waals surface area contributed by atoms with Gasteiger partial charge in [-0.2, -0.15) is 0 Å². The van der Waals surface area contributed by atoms with Crippen LogP contribution in [0.25, 0.3) is 0 Å². The van der Waals surface area contributed by atoms with Crippen molar-refractivity contribution in [3.05, 3.63) is 47.7 Å². The van der Waals surface area contributed by atoms with E-state index in [1.54, 1.807) is 0 Å². The molecule has 0 aromatic heterocycles. The summed E-state index contributed by atoms with van der Waals surface area (Å²) < 4.78 is 0. The molecule has 90 valence electrons. The Bertz CT molecular complexity index is 477. The predicted octanol–water partition coefficient (Wildman–Crippen LogP) is 3.00. The first-order chi connectivity index (χ1) is 8.01. The molecule has 2 rings (SSSR count). The minimum atomic E-state index is 0.163. The Morgan fingerprint density at radius 1 is 1.59 bits per heavy atom. The monoisotopic (exact) mass is 228 g/mol. The van der Waals surface area contributed by atoms with E-state index in [2.05, 4.69) is 38.4 Å². The number of hydrogen-bond acceptors (Lipinski definition) is 2. The van der Waals surface area contributed by atoms with Crippen LogP contribution in [0, 0.1) is 11.3 Å². The highest BCUT2D eigenvalue weighted by Crippen LogP contribution is 2.60. The van der Waals surface area contributed by atoms with E-state index in [0.29, 0.717) is 12.5 Å². The Balaban J connectivity index is 2.39. The van der Waals surface area contributed by atoms with Crippen LogP contribution in [0.1, 0.15) is 20.8 Å². The van der Waals surface area contributed by atoms with Crippen molar-refractivity contribution >= 4 is 5.71 Å². The van der Waals surface area contributed by atoms with Crippen LogP contribution in [0.3, 0.4) is 0 Å². The summed E-state index contributed by atoms with van der Waals surface area (Å²) in [6.45, 7) is 11.2. The van der Waals surface area contributed by atoms with E-state index in [1.165, 1.54) is 11.3 Å². The molecule has 1 saturated carbocycles. The maximum Gasteiger partial charge on any atom is 0.0629 e. The summed E-state index contributed by atoms with van der Waals surface area (Å²) in [5.74, 6) is 0.598. The van der Waals surface area contributed by atoms with E-state index >= 15 is 0 Å². The van der Waals surface area contributed by atoms with Gasteiger partial charge in [0.1, 0.15) is 0 Å². The van der Waals surface area contributed by atoms with Gasteiger partial charge in [0, 0.05) is 17.7 Å². The van der Waals surface area contributed by atoms with Gasteiger partial charge in [-0.1, -0.05) is 43.4 Å². The van der Waals surface area contributed by atoms with Gasteiger partial charge in [-0.05, 0) is 25.3 Å². The van der Waals surface area contributed by atoms with Crippen molar-refractivity contribution in [3.63, 3.8) is 0 Å². The van der Waals surface area contributed by atoms with Gasteiger partial charge in [0.15, 0.2) is 0 Å². The van der Waals surface area contributed by atoms with Crippen LogP contribution in [0.15, 0.2) is 52.7 Å². The van der Waals surface area contributed by atoms with Crippen LogP contribution in [0.5, 0.6) is 0 Å². The van der Waals surface area contributed by atoms with Gasteiger partial charge in [-0.3, -0.25) is 4.99 Å². The Labute approximate surface area is 103 Å². The molecular weight excluding hydrogens is 208 g/mol. The van der Waals surface area contributed by atoms with Gasteiger partial charge in [0.25, 0.3) is 0 Å². The van der Waals surface area contributed by atoms with Crippen LogP contribution in [0.4, 0.5) is 0 Å². The zero-order valence-corrected chi connectivity index (χ0v) is 10.8. The zero-order chi connectivity index (χ0) is 12.6. The first kappa shape index (κ1) is 12.1. The average molecular weight is 228 g/mol. The van der Waals surface area contributed by atoms with Crippen molar-refractivity contribution < 1.29 is 0 Å². The first-order valence-corrected chi connectivity index (χ1v) is 6.05. The molecule has 17 heavy (non-hydrogen) atoms. The van der Waals surface area contributed by atoms with E-state index in [4.69, 9.17) is 5.73 Å². The van der Waals surface area contributed by atoms with Crippen molar-refractivity contribution in [2.75, 3.05) is 6.54 Å². The fraction of sp³-hybridized carbons (Fsp3) is 0.400. The third kappa shape index (κ3) is 1.83. The lowest BCUT2D eigenvalue weighted by atomic mass is 10.0. The van der Waals surface area contributed by atoms with Crippen LogP contribution in [-0.4, -0.2) is 12.3 Å². The second kappa shape index (κ2) is 4.11. The SMILES string of the molecule is C=C1N=C(C)C2(C)C(=C/C1=C/C=C/CN)C2C. The molecule has 1 aliphatic heterocycles. The molecule has 2 N–H and O–H groups in total. The summed E-state index contributed by atoms with van der Waals surface area (Å²) in [6, 6.07) is 0. The molecule has 0 amide bonds. The summed E-state index contributed by atoms with van der Waals surface area (Å²) in [6.07, 6.45) is 8.16. The molecule has 2 nitrogen and oxygen atoms in total. The summed E-state index contributed by atoms with van der Waals surface area (Å²) in [4.78, 5) is 4.62. The lowest BCUT2D eigenvalue weighted by Crippen LogP contribution is -2.09. The standard InChI is InChI=1S/C15H20N2/c1-10-14-9-13(7-5-6-8-16)11(2)17-12(3)15(10,14)4/h5-7,9-10H,2,8,16H2,1,3-4H3/b6-5+,13-7-. The Kier molecular flexibility index (Phi) is 2.92. The fourth-order valence-electron chi connectivity index (χ4n) is 2.48. The van der Waals surface area contributed by atoms with Gasteiger partial charge >= 0.3 is 0 Å². The Hall–Kier alpha value is -1.41. The zero-order valence-electron chi connectivity index (χ0n) is 10.8. The number of rotatable bonds is 2. The Morgan fingerprint density at radius 2 is 2.29 bits per heavy atom. The highest BCUT2D eigenvalue weighted by atomic mass is 14.8. The Morgan fingerprint density at radius 3 is 2.94 bits per heavy atom. The molecule has 1 heterocycles. The number of fused-ring (bicyclic) bond motifs is 1. The molecule has 1 fully saturated rings. The number of allylic oxidation sites excluding steroid dienone is 4. The van der Waals surface area contributed by atoms with Crippen LogP contribution >= 0.6 is 0 Å². The summed E-state index contributed by atoms with van der Waals surface area (Å²) >= 11 is 0. The van der Waals surface area contributed by atoms with Crippen LogP contribution in [0.2, 0.25) is 0 Å². The van der Waals surface area contributed by atoms with Crippen molar-refractivity contribution in [1.29, 1.82) is 0 Å². The molecule has 2 atom stereocenters. The predicted molar refractivity (Wildman–Crippen MR) is 73.9 cm³/mol. The molecular formula is C15H20N2. The molecule has 1 aliphatic carbocycles. The average Bonchev–Trinajstić information content (AvgIpc) is 2.83. The molecule has 0 saturated heterocycles. The molecule has 0 aromatic rings.